The normalized spacial score (nSPS) is 20.7. The monoisotopic (exact) mass is 527 g/mol. The molecule has 39 heavy (non-hydrogen) atoms. The fourth-order valence-corrected chi connectivity index (χ4v) is 5.98. The molecule has 0 radical (unpaired) electrons. The van der Waals surface area contributed by atoms with Gasteiger partial charge in [-0.05, 0) is 37.1 Å². The molecule has 1 N–H and O–H groups in total. The van der Waals surface area contributed by atoms with E-state index < -0.39 is 12.1 Å². The van der Waals surface area contributed by atoms with Gasteiger partial charge >= 0.3 is 6.03 Å². The summed E-state index contributed by atoms with van der Waals surface area (Å²) in [5.74, 6) is -0.304. The Kier molecular flexibility index (Phi) is 7.57. The van der Waals surface area contributed by atoms with Gasteiger partial charge in [0.2, 0.25) is 5.91 Å². The zero-order valence-electron chi connectivity index (χ0n) is 23.0. The van der Waals surface area contributed by atoms with Crippen molar-refractivity contribution in [2.45, 2.75) is 32.9 Å². The standard InChI is InChI=1S/C31H37N5O3/c1-5-14-35-25-20-36(29(37)26(25)27(32-31(35)39)24-13-12-21(3)19-22(24)4)28(23-10-8-7-9-11-23)30(38)34-17-15-33(6-2)16-18-34/h5,7-13,19,27-28H,1,6,14-18,20H2,2-4H3,(H,32,39). The van der Waals surface area contributed by atoms with Crippen LogP contribution in [0.25, 0.3) is 0 Å². The number of hydrogen-bond acceptors (Lipinski definition) is 4. The third kappa shape index (κ3) is 4.96. The second kappa shape index (κ2) is 11.1. The third-order valence-corrected chi connectivity index (χ3v) is 8.09. The SMILES string of the molecule is C=CCN1C(=O)NC(c2ccc(C)cc2C)C2=C1CN(C(C(=O)N1CCN(CC)CC1)c1ccccc1)C2=O. The zero-order valence-corrected chi connectivity index (χ0v) is 23.0. The Hall–Kier alpha value is -3.91. The smallest absolute Gasteiger partial charge is 0.322 e. The first kappa shape index (κ1) is 26.7. The van der Waals surface area contributed by atoms with Crippen molar-refractivity contribution >= 4 is 17.8 Å². The van der Waals surface area contributed by atoms with Crippen LogP contribution in [0.3, 0.4) is 0 Å². The van der Waals surface area contributed by atoms with Gasteiger partial charge in [0.25, 0.3) is 5.91 Å². The number of carbonyl (C=O) groups excluding carboxylic acids is 3. The molecule has 2 aromatic carbocycles. The van der Waals surface area contributed by atoms with Crippen LogP contribution in [0, 0.1) is 13.8 Å². The maximum absolute atomic E-state index is 14.3. The predicted octanol–water partition coefficient (Wildman–Crippen LogP) is 3.56. The minimum absolute atomic E-state index is 0.0808. The second-order valence-electron chi connectivity index (χ2n) is 10.5. The van der Waals surface area contributed by atoms with E-state index in [-0.39, 0.29) is 30.9 Å². The Labute approximate surface area is 230 Å². The van der Waals surface area contributed by atoms with Crippen LogP contribution in [0.15, 0.2) is 72.5 Å². The molecule has 3 aliphatic heterocycles. The Balaban J connectivity index is 1.55. The number of nitrogens with one attached hydrogen (secondary N) is 1. The molecule has 0 spiro atoms. The minimum Gasteiger partial charge on any atom is -0.338 e. The topological polar surface area (TPSA) is 76.2 Å². The largest absolute Gasteiger partial charge is 0.338 e. The number of rotatable bonds is 7. The number of likely N-dealkylation sites (N-methyl/N-ethyl adjacent to an activating group) is 1. The van der Waals surface area contributed by atoms with Crippen molar-refractivity contribution in [3.05, 3.63) is 94.7 Å². The number of carbonyl (C=O) groups is 3. The molecule has 0 saturated carbocycles. The average molecular weight is 528 g/mol. The van der Waals surface area contributed by atoms with Crippen LogP contribution in [-0.2, 0) is 9.59 Å². The van der Waals surface area contributed by atoms with Crippen molar-refractivity contribution in [3.63, 3.8) is 0 Å². The lowest BCUT2D eigenvalue weighted by atomic mass is 9.91. The first-order valence-corrected chi connectivity index (χ1v) is 13.7. The van der Waals surface area contributed by atoms with Gasteiger partial charge in [0, 0.05) is 32.7 Å². The molecular formula is C31H37N5O3. The van der Waals surface area contributed by atoms with Gasteiger partial charge in [0.1, 0.15) is 6.04 Å². The minimum atomic E-state index is -0.780. The van der Waals surface area contributed by atoms with E-state index in [0.717, 1.165) is 41.9 Å². The van der Waals surface area contributed by atoms with E-state index in [1.54, 1.807) is 15.9 Å². The average Bonchev–Trinajstić information content (AvgIpc) is 3.27. The van der Waals surface area contributed by atoms with E-state index in [9.17, 15) is 14.4 Å². The number of piperazine rings is 1. The summed E-state index contributed by atoms with van der Waals surface area (Å²) in [5, 5.41) is 3.07. The fraction of sp³-hybridized carbons (Fsp3) is 0.387. The molecule has 8 heteroatoms. The van der Waals surface area contributed by atoms with Crippen molar-refractivity contribution in [2.75, 3.05) is 45.8 Å². The van der Waals surface area contributed by atoms with Gasteiger partial charge in [-0.2, -0.15) is 0 Å². The molecule has 3 heterocycles. The molecule has 0 bridgehead atoms. The highest BCUT2D eigenvalue weighted by Gasteiger charge is 2.48. The lowest BCUT2D eigenvalue weighted by molar-refractivity contribution is -0.144. The highest BCUT2D eigenvalue weighted by Crippen LogP contribution is 2.41. The molecule has 2 unspecified atom stereocenters. The van der Waals surface area contributed by atoms with Crippen LogP contribution in [0.5, 0.6) is 0 Å². The lowest BCUT2D eigenvalue weighted by Crippen LogP contribution is -2.52. The number of urea groups is 1. The highest BCUT2D eigenvalue weighted by atomic mass is 16.2. The molecule has 4 amide bonds. The number of benzene rings is 2. The third-order valence-electron chi connectivity index (χ3n) is 8.09. The van der Waals surface area contributed by atoms with Crippen LogP contribution in [0.4, 0.5) is 4.79 Å². The summed E-state index contributed by atoms with van der Waals surface area (Å²) in [6, 6.07) is 13.9. The van der Waals surface area contributed by atoms with Gasteiger partial charge in [0.15, 0.2) is 0 Å². The van der Waals surface area contributed by atoms with E-state index >= 15 is 0 Å². The summed E-state index contributed by atoms with van der Waals surface area (Å²) in [7, 11) is 0. The van der Waals surface area contributed by atoms with Gasteiger partial charge in [-0.3, -0.25) is 14.5 Å². The summed E-state index contributed by atoms with van der Waals surface area (Å²) in [4.78, 5) is 49.2. The Morgan fingerprint density at radius 3 is 2.44 bits per heavy atom. The van der Waals surface area contributed by atoms with E-state index in [0.29, 0.717) is 24.4 Å². The molecule has 2 aromatic rings. The maximum atomic E-state index is 14.3. The molecular weight excluding hydrogens is 490 g/mol. The molecule has 0 aromatic heterocycles. The van der Waals surface area contributed by atoms with Crippen LogP contribution in [0.2, 0.25) is 0 Å². The van der Waals surface area contributed by atoms with Gasteiger partial charge in [-0.25, -0.2) is 4.79 Å². The van der Waals surface area contributed by atoms with Gasteiger partial charge in [-0.15, -0.1) is 6.58 Å². The van der Waals surface area contributed by atoms with Crippen LogP contribution < -0.4 is 5.32 Å². The van der Waals surface area contributed by atoms with Gasteiger partial charge in [0.05, 0.1) is 23.9 Å². The molecule has 5 rings (SSSR count). The van der Waals surface area contributed by atoms with Crippen LogP contribution in [-0.4, -0.2) is 83.3 Å². The van der Waals surface area contributed by atoms with E-state index in [4.69, 9.17) is 0 Å². The van der Waals surface area contributed by atoms with Crippen molar-refractivity contribution in [1.82, 2.24) is 24.9 Å². The molecule has 1 fully saturated rings. The van der Waals surface area contributed by atoms with Crippen LogP contribution in [0.1, 0.15) is 41.3 Å². The predicted molar refractivity (Wildman–Crippen MR) is 151 cm³/mol. The van der Waals surface area contributed by atoms with Crippen LogP contribution >= 0.6 is 0 Å². The second-order valence-corrected chi connectivity index (χ2v) is 10.5. The van der Waals surface area contributed by atoms with E-state index in [1.807, 2.05) is 61.2 Å². The fourth-order valence-electron chi connectivity index (χ4n) is 5.98. The first-order valence-electron chi connectivity index (χ1n) is 13.7. The summed E-state index contributed by atoms with van der Waals surface area (Å²) in [6.07, 6.45) is 1.65. The molecule has 0 aliphatic carbocycles. The van der Waals surface area contributed by atoms with E-state index in [2.05, 4.69) is 29.8 Å². The number of aryl methyl sites for hydroxylation is 2. The van der Waals surface area contributed by atoms with Gasteiger partial charge < -0.3 is 20.0 Å². The maximum Gasteiger partial charge on any atom is 0.322 e. The van der Waals surface area contributed by atoms with Crippen molar-refractivity contribution in [2.24, 2.45) is 0 Å². The summed E-state index contributed by atoms with van der Waals surface area (Å²) < 4.78 is 0. The quantitative estimate of drug-likeness (QED) is 0.559. The van der Waals surface area contributed by atoms with Crippen molar-refractivity contribution in [1.29, 1.82) is 0 Å². The highest BCUT2D eigenvalue weighted by molar-refractivity contribution is 6.04. The van der Waals surface area contributed by atoms with Crippen molar-refractivity contribution < 1.29 is 14.4 Å². The number of hydrogen-bond donors (Lipinski definition) is 1. The lowest BCUT2D eigenvalue weighted by Gasteiger charge is -2.38. The van der Waals surface area contributed by atoms with E-state index in [1.165, 1.54) is 0 Å². The molecule has 8 nitrogen and oxygen atoms in total. The van der Waals surface area contributed by atoms with Gasteiger partial charge in [-0.1, -0.05) is 67.1 Å². The Morgan fingerprint density at radius 1 is 1.08 bits per heavy atom. The molecule has 2 atom stereocenters. The summed E-state index contributed by atoms with van der Waals surface area (Å²) in [5.41, 5.74) is 4.92. The summed E-state index contributed by atoms with van der Waals surface area (Å²) in [6.45, 7) is 14.2. The first-order chi connectivity index (χ1) is 18.8. The zero-order chi connectivity index (χ0) is 27.7. The molecule has 204 valence electrons. The molecule has 3 aliphatic rings. The van der Waals surface area contributed by atoms with Crippen molar-refractivity contribution in [3.8, 4) is 0 Å². The molecule has 1 saturated heterocycles. The Bertz CT molecular complexity index is 1310. The number of amides is 4. The Morgan fingerprint density at radius 2 is 1.79 bits per heavy atom. The number of nitrogens with zero attached hydrogens (tertiary/aromatic N) is 4. The summed E-state index contributed by atoms with van der Waals surface area (Å²) >= 11 is 0.